The van der Waals surface area contributed by atoms with Crippen LogP contribution in [0, 0.1) is 0 Å². The molecule has 0 heterocycles. The van der Waals surface area contributed by atoms with Crippen LogP contribution in [0.4, 0.5) is 11.4 Å². The quantitative estimate of drug-likeness (QED) is 0.804. The van der Waals surface area contributed by atoms with E-state index in [0.29, 0.717) is 5.69 Å². The van der Waals surface area contributed by atoms with E-state index in [2.05, 4.69) is 33.9 Å². The van der Waals surface area contributed by atoms with Crippen molar-refractivity contribution < 1.29 is 8.42 Å². The predicted molar refractivity (Wildman–Crippen MR) is 104 cm³/mol. The Labute approximate surface area is 144 Å². The summed E-state index contributed by atoms with van der Waals surface area (Å²) in [6.07, 6.45) is 4.04. The molecule has 0 aromatic heterocycles. The maximum absolute atomic E-state index is 11.8. The molecule has 0 bridgehead atoms. The second-order valence-electron chi connectivity index (χ2n) is 6.14. The van der Waals surface area contributed by atoms with Crippen LogP contribution in [-0.2, 0) is 10.0 Å². The topological polar surface area (TPSA) is 49.4 Å². The number of sulfonamides is 1. The van der Waals surface area contributed by atoms with Gasteiger partial charge in [0.05, 0.1) is 5.25 Å². The molecule has 0 unspecified atom stereocenters. The number of rotatable bonds is 6. The summed E-state index contributed by atoms with van der Waals surface area (Å²) >= 11 is 0. The fourth-order valence-corrected chi connectivity index (χ4v) is 2.72. The molecule has 0 aliphatic heterocycles. The van der Waals surface area contributed by atoms with Gasteiger partial charge in [-0.2, -0.15) is 0 Å². The molecule has 24 heavy (non-hydrogen) atoms. The van der Waals surface area contributed by atoms with Gasteiger partial charge in [0.2, 0.25) is 10.0 Å². The van der Waals surface area contributed by atoms with E-state index in [1.54, 1.807) is 26.0 Å². The van der Waals surface area contributed by atoms with Crippen LogP contribution in [0.15, 0.2) is 48.5 Å². The summed E-state index contributed by atoms with van der Waals surface area (Å²) in [6.45, 7) is 3.31. The van der Waals surface area contributed by atoms with Gasteiger partial charge in [0, 0.05) is 25.5 Å². The second-order valence-corrected chi connectivity index (χ2v) is 8.37. The van der Waals surface area contributed by atoms with Crippen molar-refractivity contribution in [2.75, 3.05) is 23.7 Å². The molecule has 1 N–H and O–H groups in total. The lowest BCUT2D eigenvalue weighted by Gasteiger charge is -2.11. The van der Waals surface area contributed by atoms with Crippen molar-refractivity contribution in [1.82, 2.24) is 0 Å². The van der Waals surface area contributed by atoms with Crippen molar-refractivity contribution in [3.8, 4) is 0 Å². The smallest absolute Gasteiger partial charge is 0.235 e. The van der Waals surface area contributed by atoms with Gasteiger partial charge in [0.25, 0.3) is 0 Å². The molecule has 128 valence electrons. The van der Waals surface area contributed by atoms with Crippen molar-refractivity contribution in [1.29, 1.82) is 0 Å². The SMILES string of the molecule is CC(C)S(=O)(=O)Nc1ccc(C=Cc2ccc(N(C)C)cc2)cc1. The molecule has 0 saturated heterocycles. The Balaban J connectivity index is 2.06. The number of benzene rings is 2. The maximum Gasteiger partial charge on any atom is 0.235 e. The summed E-state index contributed by atoms with van der Waals surface area (Å²) in [7, 11) is 0.725. The summed E-state index contributed by atoms with van der Waals surface area (Å²) in [5.41, 5.74) is 3.87. The van der Waals surface area contributed by atoms with E-state index in [9.17, 15) is 8.42 Å². The van der Waals surface area contributed by atoms with Gasteiger partial charge in [0.1, 0.15) is 0 Å². The average Bonchev–Trinajstić information content (AvgIpc) is 2.54. The molecule has 0 radical (unpaired) electrons. The van der Waals surface area contributed by atoms with Crippen molar-refractivity contribution >= 4 is 33.6 Å². The highest BCUT2D eigenvalue weighted by Crippen LogP contribution is 2.17. The number of nitrogens with zero attached hydrogens (tertiary/aromatic N) is 1. The van der Waals surface area contributed by atoms with Crippen LogP contribution in [0.5, 0.6) is 0 Å². The third-order valence-corrected chi connectivity index (χ3v) is 5.43. The Hall–Kier alpha value is -2.27. The molecule has 0 aliphatic rings. The molecule has 0 amide bonds. The van der Waals surface area contributed by atoms with E-state index in [4.69, 9.17) is 0 Å². The lowest BCUT2D eigenvalue weighted by molar-refractivity contribution is 0.593. The maximum atomic E-state index is 11.8. The minimum atomic E-state index is -3.30. The fourth-order valence-electron chi connectivity index (χ4n) is 2.02. The first kappa shape index (κ1) is 18.1. The van der Waals surface area contributed by atoms with E-state index in [1.807, 2.05) is 38.4 Å². The molecule has 2 rings (SSSR count). The molecule has 5 heteroatoms. The van der Waals surface area contributed by atoms with E-state index < -0.39 is 15.3 Å². The Morgan fingerprint density at radius 1 is 0.875 bits per heavy atom. The largest absolute Gasteiger partial charge is 0.378 e. The summed E-state index contributed by atoms with van der Waals surface area (Å²) in [4.78, 5) is 2.06. The van der Waals surface area contributed by atoms with Crippen LogP contribution < -0.4 is 9.62 Å². The van der Waals surface area contributed by atoms with Gasteiger partial charge < -0.3 is 4.90 Å². The fraction of sp³-hybridized carbons (Fsp3) is 0.263. The lowest BCUT2D eigenvalue weighted by Crippen LogP contribution is -2.22. The van der Waals surface area contributed by atoms with E-state index in [0.717, 1.165) is 16.8 Å². The van der Waals surface area contributed by atoms with E-state index in [-0.39, 0.29) is 0 Å². The third-order valence-electron chi connectivity index (χ3n) is 3.67. The van der Waals surface area contributed by atoms with E-state index >= 15 is 0 Å². The standard InChI is InChI=1S/C19H24N2O2S/c1-15(2)24(22,23)20-18-11-7-16(8-12-18)5-6-17-9-13-19(14-10-17)21(3)4/h5-15,20H,1-4H3. The Morgan fingerprint density at radius 3 is 1.75 bits per heavy atom. The number of hydrogen-bond acceptors (Lipinski definition) is 3. The van der Waals surface area contributed by atoms with Crippen LogP contribution >= 0.6 is 0 Å². The summed E-state index contributed by atoms with van der Waals surface area (Å²) in [5, 5.41) is -0.456. The van der Waals surface area contributed by atoms with Crippen LogP contribution in [0.25, 0.3) is 12.2 Å². The average molecular weight is 344 g/mol. The Kier molecular flexibility index (Phi) is 5.67. The molecule has 0 atom stereocenters. The first-order valence-electron chi connectivity index (χ1n) is 7.85. The monoisotopic (exact) mass is 344 g/mol. The normalized spacial score (nSPS) is 11.9. The van der Waals surface area contributed by atoms with Crippen LogP contribution in [0.1, 0.15) is 25.0 Å². The summed E-state index contributed by atoms with van der Waals surface area (Å²) < 4.78 is 26.3. The third kappa shape index (κ3) is 4.86. The minimum absolute atomic E-state index is 0.456. The van der Waals surface area contributed by atoms with Crippen molar-refractivity contribution in [3.05, 3.63) is 59.7 Å². The summed E-state index contributed by atoms with van der Waals surface area (Å²) in [6, 6.07) is 15.6. The van der Waals surface area contributed by atoms with Gasteiger partial charge in [-0.3, -0.25) is 4.72 Å². The predicted octanol–water partition coefficient (Wildman–Crippen LogP) is 4.07. The molecule has 0 aliphatic carbocycles. The first-order valence-corrected chi connectivity index (χ1v) is 9.40. The van der Waals surface area contributed by atoms with Gasteiger partial charge >= 0.3 is 0 Å². The van der Waals surface area contributed by atoms with Crippen LogP contribution in [0.2, 0.25) is 0 Å². The van der Waals surface area contributed by atoms with Gasteiger partial charge in [-0.25, -0.2) is 8.42 Å². The van der Waals surface area contributed by atoms with Crippen LogP contribution in [0.3, 0.4) is 0 Å². The lowest BCUT2D eigenvalue weighted by atomic mass is 10.1. The van der Waals surface area contributed by atoms with Crippen molar-refractivity contribution in [2.24, 2.45) is 0 Å². The Morgan fingerprint density at radius 2 is 1.33 bits per heavy atom. The minimum Gasteiger partial charge on any atom is -0.378 e. The molecule has 4 nitrogen and oxygen atoms in total. The molecule has 2 aromatic rings. The molecule has 2 aromatic carbocycles. The highest BCUT2D eigenvalue weighted by atomic mass is 32.2. The van der Waals surface area contributed by atoms with Crippen molar-refractivity contribution in [2.45, 2.75) is 19.1 Å². The number of nitrogens with one attached hydrogen (secondary N) is 1. The summed E-state index contributed by atoms with van der Waals surface area (Å²) in [5.74, 6) is 0. The zero-order chi connectivity index (χ0) is 17.7. The van der Waals surface area contributed by atoms with Gasteiger partial charge in [-0.15, -0.1) is 0 Å². The zero-order valence-electron chi connectivity index (χ0n) is 14.5. The molecular weight excluding hydrogens is 320 g/mol. The zero-order valence-corrected chi connectivity index (χ0v) is 15.3. The highest BCUT2D eigenvalue weighted by molar-refractivity contribution is 7.93. The first-order chi connectivity index (χ1) is 11.3. The van der Waals surface area contributed by atoms with Gasteiger partial charge in [-0.1, -0.05) is 36.4 Å². The highest BCUT2D eigenvalue weighted by Gasteiger charge is 2.14. The number of hydrogen-bond donors (Lipinski definition) is 1. The van der Waals surface area contributed by atoms with Crippen molar-refractivity contribution in [3.63, 3.8) is 0 Å². The molecule has 0 spiro atoms. The van der Waals surface area contributed by atoms with E-state index in [1.165, 1.54) is 0 Å². The number of anilines is 2. The Bertz CT molecular complexity index is 790. The van der Waals surface area contributed by atoms with Gasteiger partial charge in [0.15, 0.2) is 0 Å². The molecule has 0 saturated carbocycles. The van der Waals surface area contributed by atoms with Gasteiger partial charge in [-0.05, 0) is 49.2 Å². The second kappa shape index (κ2) is 7.53. The molecule has 0 fully saturated rings. The van der Waals surface area contributed by atoms with Crippen LogP contribution in [-0.4, -0.2) is 27.8 Å². The molecular formula is C19H24N2O2S.